The third-order valence-electron chi connectivity index (χ3n) is 4.36. The van der Waals surface area contributed by atoms with Crippen LogP contribution in [0.2, 0.25) is 0 Å². The van der Waals surface area contributed by atoms with Gasteiger partial charge in [-0.05, 0) is 31.6 Å². The zero-order chi connectivity index (χ0) is 12.2. The molecule has 18 heavy (non-hydrogen) atoms. The van der Waals surface area contributed by atoms with Crippen LogP contribution in [0.4, 0.5) is 0 Å². The number of aromatic nitrogens is 3. The summed E-state index contributed by atoms with van der Waals surface area (Å²) in [5.74, 6) is 0.989. The summed E-state index contributed by atoms with van der Waals surface area (Å²) < 4.78 is 1.96. The molecule has 0 spiro atoms. The number of hydrogen-bond acceptors (Lipinski definition) is 3. The molecule has 1 heterocycles. The van der Waals surface area contributed by atoms with E-state index < -0.39 is 0 Å². The average molecular weight is 248 g/mol. The fraction of sp³-hybridized carbons (Fsp3) is 0.857. The summed E-state index contributed by atoms with van der Waals surface area (Å²) in [6, 6.07) is 0.836. The standard InChI is InChI=1S/C14H24N4/c1-2-4-14(5-3-1)17(10-13-6-7-13)8-9-18-12-15-11-16-18/h11-14H,1-10H2. The smallest absolute Gasteiger partial charge is 0.137 e. The van der Waals surface area contributed by atoms with Gasteiger partial charge < -0.3 is 0 Å². The van der Waals surface area contributed by atoms with Gasteiger partial charge in [0.05, 0.1) is 6.54 Å². The predicted molar refractivity (Wildman–Crippen MR) is 71.2 cm³/mol. The lowest BCUT2D eigenvalue weighted by atomic mass is 9.94. The van der Waals surface area contributed by atoms with E-state index in [0.717, 1.165) is 25.0 Å². The van der Waals surface area contributed by atoms with E-state index in [1.165, 1.54) is 51.5 Å². The van der Waals surface area contributed by atoms with E-state index in [9.17, 15) is 0 Å². The molecule has 2 fully saturated rings. The second-order valence-electron chi connectivity index (χ2n) is 5.89. The topological polar surface area (TPSA) is 34.0 Å². The minimum Gasteiger partial charge on any atom is -0.298 e. The molecule has 1 aromatic rings. The molecule has 0 amide bonds. The molecule has 2 aliphatic rings. The minimum atomic E-state index is 0.836. The lowest BCUT2D eigenvalue weighted by Gasteiger charge is -2.34. The molecule has 0 aromatic carbocycles. The number of rotatable bonds is 6. The van der Waals surface area contributed by atoms with Gasteiger partial charge in [0.1, 0.15) is 12.7 Å². The molecule has 1 aromatic heterocycles. The monoisotopic (exact) mass is 248 g/mol. The third kappa shape index (κ3) is 3.31. The maximum atomic E-state index is 4.21. The zero-order valence-electron chi connectivity index (χ0n) is 11.2. The molecular formula is C14H24N4. The largest absolute Gasteiger partial charge is 0.298 e. The van der Waals surface area contributed by atoms with Crippen LogP contribution in [0.15, 0.2) is 12.7 Å². The van der Waals surface area contributed by atoms with Crippen molar-refractivity contribution in [1.82, 2.24) is 19.7 Å². The molecule has 2 saturated carbocycles. The Morgan fingerprint density at radius 1 is 1.11 bits per heavy atom. The lowest BCUT2D eigenvalue weighted by Crippen LogP contribution is -2.40. The van der Waals surface area contributed by atoms with Gasteiger partial charge in [-0.1, -0.05) is 19.3 Å². The van der Waals surface area contributed by atoms with E-state index in [-0.39, 0.29) is 0 Å². The van der Waals surface area contributed by atoms with Crippen LogP contribution in [0, 0.1) is 5.92 Å². The summed E-state index contributed by atoms with van der Waals surface area (Å²) in [5, 5.41) is 4.21. The minimum absolute atomic E-state index is 0.836. The Labute approximate surface area is 109 Å². The number of nitrogens with zero attached hydrogens (tertiary/aromatic N) is 4. The quantitative estimate of drug-likeness (QED) is 0.775. The van der Waals surface area contributed by atoms with Crippen LogP contribution in [0.1, 0.15) is 44.9 Å². The normalized spacial score (nSPS) is 21.6. The Bertz CT molecular complexity index is 339. The summed E-state index contributed by atoms with van der Waals surface area (Å²) in [6.45, 7) is 3.45. The molecule has 0 atom stereocenters. The van der Waals surface area contributed by atoms with Crippen LogP contribution in [0.5, 0.6) is 0 Å². The number of hydrogen-bond donors (Lipinski definition) is 0. The van der Waals surface area contributed by atoms with Crippen molar-refractivity contribution >= 4 is 0 Å². The molecule has 4 heteroatoms. The van der Waals surface area contributed by atoms with E-state index in [1.807, 2.05) is 11.0 Å². The van der Waals surface area contributed by atoms with Gasteiger partial charge in [0.15, 0.2) is 0 Å². The molecule has 0 unspecified atom stereocenters. The van der Waals surface area contributed by atoms with Gasteiger partial charge in [-0.2, -0.15) is 5.10 Å². The summed E-state index contributed by atoms with van der Waals surface area (Å²) in [5.41, 5.74) is 0. The van der Waals surface area contributed by atoms with Gasteiger partial charge >= 0.3 is 0 Å². The molecule has 0 saturated heterocycles. The molecular weight excluding hydrogens is 224 g/mol. The van der Waals surface area contributed by atoms with Gasteiger partial charge in [0, 0.05) is 19.1 Å². The van der Waals surface area contributed by atoms with Crippen LogP contribution in [-0.2, 0) is 6.54 Å². The highest BCUT2D eigenvalue weighted by Gasteiger charge is 2.28. The SMILES string of the molecule is c1ncn(CCN(CC2CC2)C2CCCCC2)n1. The van der Waals surface area contributed by atoms with E-state index in [1.54, 1.807) is 6.33 Å². The van der Waals surface area contributed by atoms with Gasteiger partial charge in [0.25, 0.3) is 0 Å². The fourth-order valence-electron chi connectivity index (χ4n) is 3.08. The van der Waals surface area contributed by atoms with Gasteiger partial charge in [-0.15, -0.1) is 0 Å². The second kappa shape index (κ2) is 5.83. The molecule has 0 bridgehead atoms. The first-order valence-electron chi connectivity index (χ1n) is 7.48. The molecule has 100 valence electrons. The van der Waals surface area contributed by atoms with Crippen molar-refractivity contribution in [3.05, 3.63) is 12.7 Å². The fourth-order valence-corrected chi connectivity index (χ4v) is 3.08. The van der Waals surface area contributed by atoms with E-state index in [2.05, 4.69) is 15.0 Å². The molecule has 0 radical (unpaired) electrons. The van der Waals surface area contributed by atoms with Crippen LogP contribution in [0.3, 0.4) is 0 Å². The van der Waals surface area contributed by atoms with Crippen molar-refractivity contribution in [2.45, 2.75) is 57.5 Å². The maximum Gasteiger partial charge on any atom is 0.137 e. The van der Waals surface area contributed by atoms with Crippen molar-refractivity contribution < 1.29 is 0 Å². The van der Waals surface area contributed by atoms with Gasteiger partial charge in [-0.3, -0.25) is 9.58 Å². The van der Waals surface area contributed by atoms with E-state index >= 15 is 0 Å². The molecule has 0 aliphatic heterocycles. The lowest BCUT2D eigenvalue weighted by molar-refractivity contribution is 0.142. The Morgan fingerprint density at radius 3 is 2.61 bits per heavy atom. The first-order valence-corrected chi connectivity index (χ1v) is 7.48. The van der Waals surface area contributed by atoms with Crippen LogP contribution >= 0.6 is 0 Å². The molecule has 3 rings (SSSR count). The van der Waals surface area contributed by atoms with Crippen LogP contribution < -0.4 is 0 Å². The van der Waals surface area contributed by atoms with Crippen molar-refractivity contribution in [2.75, 3.05) is 13.1 Å². The summed E-state index contributed by atoms with van der Waals surface area (Å²) >= 11 is 0. The van der Waals surface area contributed by atoms with Gasteiger partial charge in [0.2, 0.25) is 0 Å². The highest BCUT2D eigenvalue weighted by atomic mass is 15.3. The van der Waals surface area contributed by atoms with E-state index in [0.29, 0.717) is 0 Å². The van der Waals surface area contributed by atoms with Crippen LogP contribution in [0.25, 0.3) is 0 Å². The van der Waals surface area contributed by atoms with Crippen molar-refractivity contribution in [1.29, 1.82) is 0 Å². The van der Waals surface area contributed by atoms with Gasteiger partial charge in [-0.25, -0.2) is 4.98 Å². The Balaban J connectivity index is 1.53. The summed E-state index contributed by atoms with van der Waals surface area (Å²) in [6.07, 6.45) is 13.5. The Hall–Kier alpha value is -0.900. The zero-order valence-corrected chi connectivity index (χ0v) is 11.2. The first kappa shape index (κ1) is 12.2. The van der Waals surface area contributed by atoms with Crippen LogP contribution in [-0.4, -0.2) is 38.8 Å². The van der Waals surface area contributed by atoms with Crippen molar-refractivity contribution in [2.24, 2.45) is 5.92 Å². The highest BCUT2D eigenvalue weighted by molar-refractivity contribution is 4.82. The second-order valence-corrected chi connectivity index (χ2v) is 5.89. The average Bonchev–Trinajstić information content (AvgIpc) is 3.08. The third-order valence-corrected chi connectivity index (χ3v) is 4.36. The summed E-state index contributed by atoms with van der Waals surface area (Å²) in [7, 11) is 0. The molecule has 0 N–H and O–H groups in total. The first-order chi connectivity index (χ1) is 8.92. The predicted octanol–water partition coefficient (Wildman–Crippen LogP) is 2.32. The Kier molecular flexibility index (Phi) is 3.93. The molecule has 4 nitrogen and oxygen atoms in total. The summed E-state index contributed by atoms with van der Waals surface area (Å²) in [4.78, 5) is 6.75. The maximum absolute atomic E-state index is 4.21. The van der Waals surface area contributed by atoms with E-state index in [4.69, 9.17) is 0 Å². The molecule has 2 aliphatic carbocycles. The van der Waals surface area contributed by atoms with Crippen molar-refractivity contribution in [3.8, 4) is 0 Å². The van der Waals surface area contributed by atoms with Crippen molar-refractivity contribution in [3.63, 3.8) is 0 Å². The highest BCUT2D eigenvalue weighted by Crippen LogP contribution is 2.32. The Morgan fingerprint density at radius 2 is 1.94 bits per heavy atom.